The molecule has 1 saturated heterocycles. The Kier molecular flexibility index (Phi) is 5.48. The number of sulfonamides is 1. The number of amides is 1. The van der Waals surface area contributed by atoms with Crippen LogP contribution in [0.25, 0.3) is 0 Å². The van der Waals surface area contributed by atoms with Crippen LogP contribution in [0.3, 0.4) is 0 Å². The zero-order valence-corrected chi connectivity index (χ0v) is 15.5. The number of carbonyl (C=O) groups excluding carboxylic acids is 1. The monoisotopic (exact) mass is 396 g/mol. The van der Waals surface area contributed by atoms with Gasteiger partial charge in [-0.25, -0.2) is 12.8 Å². The predicted molar refractivity (Wildman–Crippen MR) is 98.2 cm³/mol. The molecule has 1 aliphatic heterocycles. The highest BCUT2D eigenvalue weighted by Gasteiger charge is 2.19. The van der Waals surface area contributed by atoms with Crippen molar-refractivity contribution in [1.29, 1.82) is 0 Å². The van der Waals surface area contributed by atoms with Gasteiger partial charge in [-0.3, -0.25) is 9.52 Å². The first-order chi connectivity index (χ1) is 12.3. The molecule has 138 valence electrons. The second-order valence-electron chi connectivity index (χ2n) is 6.14. The molecular weight excluding hydrogens is 379 g/mol. The third-order valence-electron chi connectivity index (χ3n) is 4.22. The van der Waals surface area contributed by atoms with E-state index in [-0.39, 0.29) is 15.8 Å². The fraction of sp³-hybridized carbons (Fsp3) is 0.278. The SMILES string of the molecule is O=C(Cc1ccc(NS(=O)(=O)c2ccc(F)c(Cl)c2)cc1)N1CCCC1. The van der Waals surface area contributed by atoms with Gasteiger partial charge in [0.25, 0.3) is 10.0 Å². The molecule has 1 amide bonds. The van der Waals surface area contributed by atoms with E-state index >= 15 is 0 Å². The van der Waals surface area contributed by atoms with Crippen LogP contribution in [0.15, 0.2) is 47.4 Å². The fourth-order valence-electron chi connectivity index (χ4n) is 2.80. The Balaban J connectivity index is 1.68. The lowest BCUT2D eigenvalue weighted by molar-refractivity contribution is -0.129. The van der Waals surface area contributed by atoms with Gasteiger partial charge in [-0.2, -0.15) is 0 Å². The van der Waals surface area contributed by atoms with E-state index in [2.05, 4.69) is 4.72 Å². The Labute approximate surface area is 156 Å². The summed E-state index contributed by atoms with van der Waals surface area (Å²) in [5.41, 5.74) is 1.16. The van der Waals surface area contributed by atoms with Crippen LogP contribution >= 0.6 is 11.6 Å². The van der Waals surface area contributed by atoms with Gasteiger partial charge in [0.15, 0.2) is 0 Å². The van der Waals surface area contributed by atoms with Crippen molar-refractivity contribution in [2.24, 2.45) is 0 Å². The van der Waals surface area contributed by atoms with E-state index in [1.54, 1.807) is 24.3 Å². The number of hydrogen-bond donors (Lipinski definition) is 1. The van der Waals surface area contributed by atoms with Crippen LogP contribution in [0.5, 0.6) is 0 Å². The molecule has 26 heavy (non-hydrogen) atoms. The highest BCUT2D eigenvalue weighted by Crippen LogP contribution is 2.22. The van der Waals surface area contributed by atoms with Gasteiger partial charge < -0.3 is 4.90 Å². The molecule has 5 nitrogen and oxygen atoms in total. The number of anilines is 1. The first kappa shape index (κ1) is 18.7. The van der Waals surface area contributed by atoms with Gasteiger partial charge in [0.2, 0.25) is 5.91 Å². The summed E-state index contributed by atoms with van der Waals surface area (Å²) in [6, 6.07) is 9.82. The van der Waals surface area contributed by atoms with E-state index in [1.807, 2.05) is 4.90 Å². The summed E-state index contributed by atoms with van der Waals surface area (Å²) in [5.74, 6) is -0.602. The average Bonchev–Trinajstić information content (AvgIpc) is 3.13. The molecule has 0 atom stereocenters. The summed E-state index contributed by atoms with van der Waals surface area (Å²) in [4.78, 5) is 13.9. The maximum absolute atomic E-state index is 13.2. The van der Waals surface area contributed by atoms with Gasteiger partial charge in [0, 0.05) is 18.8 Å². The predicted octanol–water partition coefficient (Wildman–Crippen LogP) is 3.44. The minimum Gasteiger partial charge on any atom is -0.342 e. The first-order valence-electron chi connectivity index (χ1n) is 8.20. The molecule has 2 aromatic carbocycles. The quantitative estimate of drug-likeness (QED) is 0.841. The summed E-state index contributed by atoms with van der Waals surface area (Å²) < 4.78 is 40.3. The Morgan fingerprint density at radius 2 is 1.77 bits per heavy atom. The van der Waals surface area contributed by atoms with Crippen LogP contribution in [0, 0.1) is 5.82 Å². The second-order valence-corrected chi connectivity index (χ2v) is 8.23. The zero-order valence-electron chi connectivity index (χ0n) is 13.9. The molecule has 0 aromatic heterocycles. The van der Waals surface area contributed by atoms with E-state index in [0.29, 0.717) is 12.1 Å². The second kappa shape index (κ2) is 7.63. The Hall–Kier alpha value is -2.12. The van der Waals surface area contributed by atoms with E-state index in [4.69, 9.17) is 11.6 Å². The lowest BCUT2D eigenvalue weighted by Crippen LogP contribution is -2.29. The van der Waals surface area contributed by atoms with Crippen molar-refractivity contribution in [1.82, 2.24) is 4.90 Å². The van der Waals surface area contributed by atoms with Crippen molar-refractivity contribution in [3.63, 3.8) is 0 Å². The Morgan fingerprint density at radius 1 is 1.12 bits per heavy atom. The van der Waals surface area contributed by atoms with Gasteiger partial charge in [-0.15, -0.1) is 0 Å². The van der Waals surface area contributed by atoms with Gasteiger partial charge in [0.1, 0.15) is 5.82 Å². The van der Waals surface area contributed by atoms with Gasteiger partial charge in [-0.1, -0.05) is 23.7 Å². The molecule has 2 aromatic rings. The van der Waals surface area contributed by atoms with Crippen molar-refractivity contribution >= 4 is 33.2 Å². The topological polar surface area (TPSA) is 66.5 Å². The zero-order chi connectivity index (χ0) is 18.7. The van der Waals surface area contributed by atoms with Gasteiger partial charge >= 0.3 is 0 Å². The molecule has 0 unspecified atom stereocenters. The minimum atomic E-state index is -3.88. The van der Waals surface area contributed by atoms with Crippen LogP contribution in [0.2, 0.25) is 5.02 Å². The molecule has 0 aliphatic carbocycles. The number of likely N-dealkylation sites (tertiary alicyclic amines) is 1. The number of hydrogen-bond acceptors (Lipinski definition) is 3. The van der Waals surface area contributed by atoms with Crippen LogP contribution in [-0.4, -0.2) is 32.3 Å². The maximum Gasteiger partial charge on any atom is 0.261 e. The highest BCUT2D eigenvalue weighted by molar-refractivity contribution is 7.92. The summed E-state index contributed by atoms with van der Waals surface area (Å²) in [6.45, 7) is 1.61. The van der Waals surface area contributed by atoms with Gasteiger partial charge in [-0.05, 0) is 48.7 Å². The van der Waals surface area contributed by atoms with E-state index in [9.17, 15) is 17.6 Å². The third-order valence-corrected chi connectivity index (χ3v) is 5.89. The van der Waals surface area contributed by atoms with Crippen molar-refractivity contribution in [3.05, 3.63) is 58.9 Å². The Bertz CT molecular complexity index is 911. The summed E-state index contributed by atoms with van der Waals surface area (Å²) in [7, 11) is -3.88. The van der Waals surface area contributed by atoms with Gasteiger partial charge in [0.05, 0.1) is 16.3 Å². The fourth-order valence-corrected chi connectivity index (χ4v) is 4.13. The van der Waals surface area contributed by atoms with Crippen LogP contribution in [0.4, 0.5) is 10.1 Å². The van der Waals surface area contributed by atoms with Crippen LogP contribution in [0.1, 0.15) is 18.4 Å². The third kappa shape index (κ3) is 4.34. The molecule has 0 spiro atoms. The number of benzene rings is 2. The number of nitrogens with one attached hydrogen (secondary N) is 1. The van der Waals surface area contributed by atoms with E-state index in [1.165, 1.54) is 0 Å². The smallest absolute Gasteiger partial charge is 0.261 e. The number of halogens is 2. The molecule has 0 radical (unpaired) electrons. The number of carbonyl (C=O) groups is 1. The summed E-state index contributed by atoms with van der Waals surface area (Å²) >= 11 is 5.64. The molecule has 3 rings (SSSR count). The van der Waals surface area contributed by atoms with Crippen molar-refractivity contribution in [2.75, 3.05) is 17.8 Å². The molecule has 1 N–H and O–H groups in total. The highest BCUT2D eigenvalue weighted by atomic mass is 35.5. The minimum absolute atomic E-state index is 0.0804. The normalized spacial score (nSPS) is 14.5. The Morgan fingerprint density at radius 3 is 2.38 bits per heavy atom. The maximum atomic E-state index is 13.2. The average molecular weight is 397 g/mol. The number of rotatable bonds is 5. The van der Waals surface area contributed by atoms with E-state index in [0.717, 1.165) is 49.7 Å². The standard InChI is InChI=1S/C18H18ClFN2O3S/c19-16-12-15(7-8-17(16)20)26(24,25)21-14-5-3-13(4-6-14)11-18(23)22-9-1-2-10-22/h3-8,12,21H,1-2,9-11H2. The lowest BCUT2D eigenvalue weighted by atomic mass is 10.1. The van der Waals surface area contributed by atoms with Crippen molar-refractivity contribution in [3.8, 4) is 0 Å². The lowest BCUT2D eigenvalue weighted by Gasteiger charge is -2.15. The number of nitrogens with zero attached hydrogens (tertiary/aromatic N) is 1. The molecule has 1 aliphatic rings. The molecule has 1 fully saturated rings. The van der Waals surface area contributed by atoms with E-state index < -0.39 is 15.8 Å². The van der Waals surface area contributed by atoms with Crippen molar-refractivity contribution in [2.45, 2.75) is 24.2 Å². The molecule has 0 saturated carbocycles. The van der Waals surface area contributed by atoms with Crippen LogP contribution in [-0.2, 0) is 21.2 Å². The summed E-state index contributed by atoms with van der Waals surface area (Å²) in [6.07, 6.45) is 2.38. The largest absolute Gasteiger partial charge is 0.342 e. The first-order valence-corrected chi connectivity index (χ1v) is 10.1. The van der Waals surface area contributed by atoms with Crippen LogP contribution < -0.4 is 4.72 Å². The molecular formula is C18H18ClFN2O3S. The summed E-state index contributed by atoms with van der Waals surface area (Å²) in [5, 5.41) is -0.261. The molecule has 8 heteroatoms. The molecule has 0 bridgehead atoms. The van der Waals surface area contributed by atoms with Crippen molar-refractivity contribution < 1.29 is 17.6 Å². The molecule has 1 heterocycles.